The molecule has 0 aliphatic heterocycles. The van der Waals surface area contributed by atoms with E-state index in [1.54, 1.807) is 19.1 Å². The number of rotatable bonds is 7. The Labute approximate surface area is 140 Å². The van der Waals surface area contributed by atoms with Gasteiger partial charge in [-0.2, -0.15) is 4.31 Å². The minimum absolute atomic E-state index is 0.174. The summed E-state index contributed by atoms with van der Waals surface area (Å²) in [5, 5.41) is 2.79. The number of aryl methyl sites for hydroxylation is 1. The monoisotopic (exact) mass is 340 g/mol. The molecule has 0 spiro atoms. The number of nitrogens with one attached hydrogen (secondary N) is 1. The third kappa shape index (κ3) is 5.95. The lowest BCUT2D eigenvalue weighted by molar-refractivity contribution is -0.122. The van der Waals surface area contributed by atoms with Crippen LogP contribution in [0.4, 0.5) is 0 Å². The molecule has 0 unspecified atom stereocenters. The smallest absolute Gasteiger partial charge is 0.243 e. The molecule has 5 nitrogen and oxygen atoms in total. The molecular weight excluding hydrogens is 312 g/mol. The maximum absolute atomic E-state index is 12.7. The average Bonchev–Trinajstić information content (AvgIpc) is 2.43. The van der Waals surface area contributed by atoms with Gasteiger partial charge in [-0.1, -0.05) is 32.4 Å². The first kappa shape index (κ1) is 19.6. The van der Waals surface area contributed by atoms with Crippen LogP contribution in [-0.4, -0.2) is 37.3 Å². The molecule has 1 N–H and O–H groups in total. The number of sulfonamides is 1. The van der Waals surface area contributed by atoms with Crippen molar-refractivity contribution in [3.05, 3.63) is 29.8 Å². The maximum atomic E-state index is 12.7. The van der Waals surface area contributed by atoms with Crippen LogP contribution < -0.4 is 5.32 Å². The van der Waals surface area contributed by atoms with Crippen LogP contribution in [0.15, 0.2) is 29.2 Å². The fourth-order valence-electron chi connectivity index (χ4n) is 2.25. The molecule has 0 saturated carbocycles. The van der Waals surface area contributed by atoms with Gasteiger partial charge in [0, 0.05) is 12.1 Å². The van der Waals surface area contributed by atoms with Gasteiger partial charge in [-0.3, -0.25) is 4.79 Å². The molecule has 1 rings (SSSR count). The summed E-state index contributed by atoms with van der Waals surface area (Å²) in [7, 11) is -3.66. The molecule has 6 heteroatoms. The molecule has 23 heavy (non-hydrogen) atoms. The SMILES string of the molecule is CCCc1ccc(S(=O)(=O)N(CC)CC(=O)NC(C)(C)C)cc1. The second-order valence-corrected chi connectivity index (χ2v) is 8.56. The van der Waals surface area contributed by atoms with E-state index in [-0.39, 0.29) is 29.4 Å². The summed E-state index contributed by atoms with van der Waals surface area (Å²) in [6, 6.07) is 6.90. The first-order valence-electron chi connectivity index (χ1n) is 8.00. The number of hydrogen-bond acceptors (Lipinski definition) is 3. The molecule has 0 bridgehead atoms. The van der Waals surface area contributed by atoms with Crippen molar-refractivity contribution < 1.29 is 13.2 Å². The van der Waals surface area contributed by atoms with Crippen LogP contribution in [0.3, 0.4) is 0 Å². The van der Waals surface area contributed by atoms with E-state index < -0.39 is 10.0 Å². The van der Waals surface area contributed by atoms with E-state index in [1.165, 1.54) is 4.31 Å². The number of hydrogen-bond donors (Lipinski definition) is 1. The number of nitrogens with zero attached hydrogens (tertiary/aromatic N) is 1. The number of amides is 1. The van der Waals surface area contributed by atoms with Gasteiger partial charge in [0.15, 0.2) is 0 Å². The molecular formula is C17H28N2O3S. The molecule has 1 amide bonds. The lowest BCUT2D eigenvalue weighted by Gasteiger charge is -2.24. The van der Waals surface area contributed by atoms with Gasteiger partial charge in [0.05, 0.1) is 11.4 Å². The van der Waals surface area contributed by atoms with E-state index in [2.05, 4.69) is 12.2 Å². The predicted octanol–water partition coefficient (Wildman–Crippen LogP) is 2.56. The number of likely N-dealkylation sites (N-methyl/N-ethyl adjacent to an activating group) is 1. The van der Waals surface area contributed by atoms with Crippen LogP contribution >= 0.6 is 0 Å². The molecule has 0 radical (unpaired) electrons. The fourth-order valence-corrected chi connectivity index (χ4v) is 3.66. The van der Waals surface area contributed by atoms with Gasteiger partial charge in [0.1, 0.15) is 0 Å². The van der Waals surface area contributed by atoms with Gasteiger partial charge >= 0.3 is 0 Å². The van der Waals surface area contributed by atoms with Crippen molar-refractivity contribution in [3.8, 4) is 0 Å². The summed E-state index contributed by atoms with van der Waals surface area (Å²) in [5.74, 6) is -0.300. The highest BCUT2D eigenvalue weighted by Crippen LogP contribution is 2.17. The summed E-state index contributed by atoms with van der Waals surface area (Å²) in [6.07, 6.45) is 1.94. The lowest BCUT2D eigenvalue weighted by Crippen LogP contribution is -2.47. The Kier molecular flexibility index (Phi) is 6.77. The molecule has 1 aromatic carbocycles. The number of carbonyl (C=O) groups is 1. The Bertz CT molecular complexity index is 616. The van der Waals surface area contributed by atoms with E-state index in [0.29, 0.717) is 0 Å². The van der Waals surface area contributed by atoms with Crippen molar-refractivity contribution in [3.63, 3.8) is 0 Å². The van der Waals surface area contributed by atoms with Crippen LogP contribution in [-0.2, 0) is 21.2 Å². The van der Waals surface area contributed by atoms with Crippen LogP contribution in [0.5, 0.6) is 0 Å². The van der Waals surface area contributed by atoms with Gasteiger partial charge in [-0.05, 0) is 44.9 Å². The summed E-state index contributed by atoms with van der Waals surface area (Å²) in [6.45, 7) is 9.47. The number of benzene rings is 1. The maximum Gasteiger partial charge on any atom is 0.243 e. The lowest BCUT2D eigenvalue weighted by atomic mass is 10.1. The molecule has 0 atom stereocenters. The standard InChI is InChI=1S/C17H28N2O3S/c1-6-8-14-9-11-15(12-10-14)23(21,22)19(7-2)13-16(20)18-17(3,4)5/h9-12H,6-8,13H2,1-5H3,(H,18,20). The Morgan fingerprint density at radius 2 is 1.70 bits per heavy atom. The minimum atomic E-state index is -3.66. The van der Waals surface area contributed by atoms with E-state index in [0.717, 1.165) is 18.4 Å². The van der Waals surface area contributed by atoms with Crippen LogP contribution in [0.2, 0.25) is 0 Å². The zero-order valence-corrected chi connectivity index (χ0v) is 15.5. The van der Waals surface area contributed by atoms with Crippen molar-refractivity contribution >= 4 is 15.9 Å². The van der Waals surface area contributed by atoms with E-state index in [4.69, 9.17) is 0 Å². The highest BCUT2D eigenvalue weighted by atomic mass is 32.2. The minimum Gasteiger partial charge on any atom is -0.350 e. The molecule has 1 aromatic rings. The van der Waals surface area contributed by atoms with E-state index in [9.17, 15) is 13.2 Å². The van der Waals surface area contributed by atoms with Crippen LogP contribution in [0.25, 0.3) is 0 Å². The molecule has 0 aliphatic carbocycles. The third-order valence-electron chi connectivity index (χ3n) is 3.29. The Morgan fingerprint density at radius 3 is 2.13 bits per heavy atom. The Hall–Kier alpha value is -1.40. The zero-order valence-electron chi connectivity index (χ0n) is 14.7. The molecule has 0 aliphatic rings. The zero-order chi connectivity index (χ0) is 17.7. The summed E-state index contributed by atoms with van der Waals surface area (Å²) in [4.78, 5) is 12.3. The van der Waals surface area contributed by atoms with Crippen molar-refractivity contribution in [2.75, 3.05) is 13.1 Å². The van der Waals surface area contributed by atoms with Crippen molar-refractivity contribution in [2.45, 2.75) is 57.9 Å². The molecule has 0 heterocycles. The van der Waals surface area contributed by atoms with Crippen molar-refractivity contribution in [1.29, 1.82) is 0 Å². The Morgan fingerprint density at radius 1 is 1.13 bits per heavy atom. The van der Waals surface area contributed by atoms with Gasteiger partial charge in [0.2, 0.25) is 15.9 Å². The highest BCUT2D eigenvalue weighted by molar-refractivity contribution is 7.89. The first-order valence-corrected chi connectivity index (χ1v) is 9.44. The summed E-state index contributed by atoms with van der Waals surface area (Å²) >= 11 is 0. The summed E-state index contributed by atoms with van der Waals surface area (Å²) < 4.78 is 26.6. The Balaban J connectivity index is 2.92. The quantitative estimate of drug-likeness (QED) is 0.829. The van der Waals surface area contributed by atoms with E-state index in [1.807, 2.05) is 32.9 Å². The molecule has 130 valence electrons. The van der Waals surface area contributed by atoms with Gasteiger partial charge < -0.3 is 5.32 Å². The topological polar surface area (TPSA) is 66.5 Å². The van der Waals surface area contributed by atoms with Gasteiger partial charge in [0.25, 0.3) is 0 Å². The summed E-state index contributed by atoms with van der Waals surface area (Å²) in [5.41, 5.74) is 0.724. The fraction of sp³-hybridized carbons (Fsp3) is 0.588. The van der Waals surface area contributed by atoms with E-state index >= 15 is 0 Å². The third-order valence-corrected chi connectivity index (χ3v) is 5.22. The number of carbonyl (C=O) groups excluding carboxylic acids is 1. The van der Waals surface area contributed by atoms with Gasteiger partial charge in [-0.15, -0.1) is 0 Å². The van der Waals surface area contributed by atoms with Crippen LogP contribution in [0.1, 0.15) is 46.6 Å². The predicted molar refractivity (Wildman–Crippen MR) is 92.8 cm³/mol. The van der Waals surface area contributed by atoms with Gasteiger partial charge in [-0.25, -0.2) is 8.42 Å². The highest BCUT2D eigenvalue weighted by Gasteiger charge is 2.26. The second-order valence-electron chi connectivity index (χ2n) is 6.62. The molecule has 0 fully saturated rings. The normalized spacial score (nSPS) is 12.4. The van der Waals surface area contributed by atoms with Crippen LogP contribution in [0, 0.1) is 0 Å². The van der Waals surface area contributed by atoms with Crippen molar-refractivity contribution in [1.82, 2.24) is 9.62 Å². The molecule has 0 aromatic heterocycles. The largest absolute Gasteiger partial charge is 0.350 e. The first-order chi connectivity index (χ1) is 10.6. The average molecular weight is 340 g/mol. The molecule has 0 saturated heterocycles. The second kappa shape index (κ2) is 7.93. The van der Waals surface area contributed by atoms with Crippen molar-refractivity contribution in [2.24, 2.45) is 0 Å².